The second kappa shape index (κ2) is 8.63. The molecule has 0 spiro atoms. The molecule has 156 valence electrons. The van der Waals surface area contributed by atoms with E-state index in [0.29, 0.717) is 37.2 Å². The van der Waals surface area contributed by atoms with Crippen molar-refractivity contribution in [3.63, 3.8) is 0 Å². The maximum absolute atomic E-state index is 13.3. The number of carboxylic acids is 1. The number of likely N-dealkylation sites (tertiary alicyclic amines) is 1. The van der Waals surface area contributed by atoms with Gasteiger partial charge in [-0.25, -0.2) is 0 Å². The summed E-state index contributed by atoms with van der Waals surface area (Å²) < 4.78 is 45.1. The summed E-state index contributed by atoms with van der Waals surface area (Å²) in [5.41, 5.74) is 0.345. The zero-order valence-corrected chi connectivity index (χ0v) is 16.5. The van der Waals surface area contributed by atoms with Gasteiger partial charge in [0.2, 0.25) is 0 Å². The number of piperidine rings is 1. The van der Waals surface area contributed by atoms with E-state index in [1.54, 1.807) is 24.3 Å². The molecule has 3 rings (SSSR count). The smallest absolute Gasteiger partial charge is 0.416 e. The van der Waals surface area contributed by atoms with Crippen LogP contribution < -0.4 is 4.74 Å². The van der Waals surface area contributed by atoms with E-state index in [2.05, 4.69) is 0 Å². The van der Waals surface area contributed by atoms with Crippen molar-refractivity contribution in [2.45, 2.75) is 25.1 Å². The minimum Gasteiger partial charge on any atom is -0.497 e. The third-order valence-corrected chi connectivity index (χ3v) is 5.64. The first kappa shape index (κ1) is 21.5. The van der Waals surface area contributed by atoms with Crippen LogP contribution >= 0.6 is 11.6 Å². The van der Waals surface area contributed by atoms with Crippen LogP contribution in [0.4, 0.5) is 13.2 Å². The average Bonchev–Trinajstić information content (AvgIpc) is 2.69. The van der Waals surface area contributed by atoms with E-state index >= 15 is 0 Å². The molecular weight excluding hydrogens is 407 g/mol. The van der Waals surface area contributed by atoms with Gasteiger partial charge >= 0.3 is 12.1 Å². The molecule has 1 N–H and O–H groups in total. The molecule has 0 aliphatic carbocycles. The minimum absolute atomic E-state index is 0.235. The first-order chi connectivity index (χ1) is 13.7. The molecule has 29 heavy (non-hydrogen) atoms. The lowest BCUT2D eigenvalue weighted by atomic mass is 9.90. The van der Waals surface area contributed by atoms with Crippen LogP contribution in [-0.2, 0) is 11.0 Å². The third kappa shape index (κ3) is 4.85. The summed E-state index contributed by atoms with van der Waals surface area (Å²) in [5.74, 6) is -0.658. The van der Waals surface area contributed by atoms with Crippen molar-refractivity contribution in [1.82, 2.24) is 4.90 Å². The van der Waals surface area contributed by atoms with Gasteiger partial charge in [-0.3, -0.25) is 9.69 Å². The monoisotopic (exact) mass is 427 g/mol. The molecule has 0 radical (unpaired) electrons. The fourth-order valence-electron chi connectivity index (χ4n) is 3.71. The first-order valence-corrected chi connectivity index (χ1v) is 9.56. The van der Waals surface area contributed by atoms with E-state index in [0.717, 1.165) is 17.7 Å². The van der Waals surface area contributed by atoms with E-state index in [4.69, 9.17) is 16.3 Å². The van der Waals surface area contributed by atoms with Crippen molar-refractivity contribution in [1.29, 1.82) is 0 Å². The topological polar surface area (TPSA) is 49.8 Å². The summed E-state index contributed by atoms with van der Waals surface area (Å²) in [4.78, 5) is 13.3. The van der Waals surface area contributed by atoms with E-state index < -0.39 is 29.7 Å². The molecule has 0 aromatic heterocycles. The highest BCUT2D eigenvalue weighted by molar-refractivity contribution is 6.31. The predicted molar refractivity (Wildman–Crippen MR) is 103 cm³/mol. The van der Waals surface area contributed by atoms with Crippen molar-refractivity contribution in [2.75, 3.05) is 20.2 Å². The molecule has 2 aromatic carbocycles. The number of aliphatic carboxylic acids is 1. The summed E-state index contributed by atoms with van der Waals surface area (Å²) in [5, 5.41) is 9.48. The quantitative estimate of drug-likeness (QED) is 0.707. The van der Waals surface area contributed by atoms with Crippen LogP contribution in [0.1, 0.15) is 35.6 Å². The number of hydrogen-bond acceptors (Lipinski definition) is 3. The summed E-state index contributed by atoms with van der Waals surface area (Å²) in [6.45, 7) is 0.889. The number of hydrogen-bond donors (Lipinski definition) is 1. The average molecular weight is 428 g/mol. The number of halogens is 4. The summed E-state index contributed by atoms with van der Waals surface area (Å²) in [6.07, 6.45) is -3.63. The molecule has 2 aromatic rings. The Kier molecular flexibility index (Phi) is 6.39. The van der Waals surface area contributed by atoms with Crippen molar-refractivity contribution in [3.8, 4) is 5.75 Å². The lowest BCUT2D eigenvalue weighted by Crippen LogP contribution is -2.39. The van der Waals surface area contributed by atoms with E-state index in [-0.39, 0.29) is 5.02 Å². The molecule has 0 saturated carbocycles. The second-order valence-electron chi connectivity index (χ2n) is 7.06. The first-order valence-electron chi connectivity index (χ1n) is 9.18. The van der Waals surface area contributed by atoms with Crippen LogP contribution in [0.5, 0.6) is 5.75 Å². The summed E-state index contributed by atoms with van der Waals surface area (Å²) in [6, 6.07) is 9.87. The fourth-order valence-corrected chi connectivity index (χ4v) is 3.93. The molecule has 1 atom stereocenters. The van der Waals surface area contributed by atoms with Gasteiger partial charge in [0.1, 0.15) is 5.75 Å². The molecule has 0 bridgehead atoms. The van der Waals surface area contributed by atoms with E-state index in [1.807, 2.05) is 4.90 Å². The molecule has 1 aliphatic rings. The Morgan fingerprint density at radius 2 is 1.79 bits per heavy atom. The molecule has 4 nitrogen and oxygen atoms in total. The molecule has 1 unspecified atom stereocenters. The number of rotatable bonds is 5. The van der Waals surface area contributed by atoms with Crippen LogP contribution in [0.25, 0.3) is 0 Å². The Morgan fingerprint density at radius 1 is 1.17 bits per heavy atom. The summed E-state index contributed by atoms with van der Waals surface area (Å²) >= 11 is 6.34. The van der Waals surface area contributed by atoms with E-state index in [9.17, 15) is 23.1 Å². The lowest BCUT2D eigenvalue weighted by molar-refractivity contribution is -0.143. The molecule has 0 amide bonds. The fraction of sp³-hybridized carbons (Fsp3) is 0.381. The maximum Gasteiger partial charge on any atom is 0.416 e. The second-order valence-corrected chi connectivity index (χ2v) is 7.47. The number of alkyl halides is 3. The SMILES string of the molecule is COc1ccc(C(c2cc(C(F)(F)F)ccc2Cl)N2CCC(C(=O)O)CC2)cc1. The zero-order chi connectivity index (χ0) is 21.2. The number of carbonyl (C=O) groups is 1. The van der Waals surface area contributed by atoms with Gasteiger partial charge < -0.3 is 9.84 Å². The number of benzene rings is 2. The predicted octanol–water partition coefficient (Wildman–Crippen LogP) is 5.25. The Morgan fingerprint density at radius 3 is 2.31 bits per heavy atom. The molecule has 1 saturated heterocycles. The van der Waals surface area contributed by atoms with Gasteiger partial charge in [-0.05, 0) is 67.4 Å². The number of methoxy groups -OCH3 is 1. The molecule has 1 heterocycles. The Bertz CT molecular complexity index is 862. The Labute approximate surface area is 171 Å². The van der Waals surface area contributed by atoms with Gasteiger partial charge in [-0.2, -0.15) is 13.2 Å². The van der Waals surface area contributed by atoms with Crippen LogP contribution in [-0.4, -0.2) is 36.2 Å². The van der Waals surface area contributed by atoms with Gasteiger partial charge in [-0.1, -0.05) is 23.7 Å². The van der Waals surface area contributed by atoms with Crippen LogP contribution in [0.2, 0.25) is 5.02 Å². The standard InChI is InChI=1S/C21H21ClF3NO3/c1-29-16-5-2-13(3-6-16)19(26-10-8-14(9-11-26)20(27)28)17-12-15(21(23,24)25)4-7-18(17)22/h2-7,12,14,19H,8-11H2,1H3,(H,27,28). The highest BCUT2D eigenvalue weighted by atomic mass is 35.5. The minimum atomic E-state index is -4.49. The third-order valence-electron chi connectivity index (χ3n) is 5.29. The van der Waals surface area contributed by atoms with Gasteiger partial charge in [0.15, 0.2) is 0 Å². The highest BCUT2D eigenvalue weighted by Crippen LogP contribution is 2.39. The highest BCUT2D eigenvalue weighted by Gasteiger charge is 2.35. The largest absolute Gasteiger partial charge is 0.497 e. The number of nitrogens with zero attached hydrogens (tertiary/aromatic N) is 1. The van der Waals surface area contributed by atoms with Gasteiger partial charge in [0.05, 0.1) is 24.6 Å². The van der Waals surface area contributed by atoms with Gasteiger partial charge in [-0.15, -0.1) is 0 Å². The zero-order valence-electron chi connectivity index (χ0n) is 15.7. The Hall–Kier alpha value is -2.25. The van der Waals surface area contributed by atoms with Gasteiger partial charge in [0.25, 0.3) is 0 Å². The molecular formula is C21H21ClF3NO3. The van der Waals surface area contributed by atoms with Crippen LogP contribution in [0.15, 0.2) is 42.5 Å². The lowest BCUT2D eigenvalue weighted by Gasteiger charge is -2.37. The number of ether oxygens (including phenoxy) is 1. The molecule has 1 aliphatic heterocycles. The number of carboxylic acid groups (broad SMARTS) is 1. The summed E-state index contributed by atoms with van der Waals surface area (Å²) in [7, 11) is 1.53. The van der Waals surface area contributed by atoms with Crippen LogP contribution in [0, 0.1) is 5.92 Å². The Balaban J connectivity index is 2.03. The van der Waals surface area contributed by atoms with Crippen molar-refractivity contribution in [2.24, 2.45) is 5.92 Å². The van der Waals surface area contributed by atoms with E-state index in [1.165, 1.54) is 13.2 Å². The van der Waals surface area contributed by atoms with Crippen molar-refractivity contribution >= 4 is 17.6 Å². The normalized spacial score (nSPS) is 17.1. The maximum atomic E-state index is 13.3. The van der Waals surface area contributed by atoms with Gasteiger partial charge in [0, 0.05) is 5.02 Å². The van der Waals surface area contributed by atoms with Crippen molar-refractivity contribution < 1.29 is 27.8 Å². The molecule has 1 fully saturated rings. The van der Waals surface area contributed by atoms with Crippen LogP contribution in [0.3, 0.4) is 0 Å². The van der Waals surface area contributed by atoms with Crippen molar-refractivity contribution in [3.05, 3.63) is 64.2 Å². The molecule has 8 heteroatoms.